The molecule has 2 N–H and O–H groups in total. The number of alkyl halides is 1. The number of pyridine rings is 1. The van der Waals surface area contributed by atoms with Crippen LogP contribution < -0.4 is 5.32 Å². The van der Waals surface area contributed by atoms with Crippen molar-refractivity contribution in [3.8, 4) is 5.75 Å². The number of anilines is 1. The van der Waals surface area contributed by atoms with Crippen molar-refractivity contribution in [2.45, 2.75) is 24.3 Å². The number of aromatic nitrogens is 1. The number of phenolic OH excluding ortho intramolecular Hbond substituents is 1. The number of aromatic hydroxyl groups is 1. The zero-order chi connectivity index (χ0) is 11.8. The van der Waals surface area contributed by atoms with Gasteiger partial charge in [-0.1, -0.05) is 6.07 Å². The fourth-order valence-corrected chi connectivity index (χ4v) is 2.56. The highest BCUT2D eigenvalue weighted by molar-refractivity contribution is 6.21. The molecule has 0 spiro atoms. The van der Waals surface area contributed by atoms with Crippen molar-refractivity contribution in [3.63, 3.8) is 0 Å². The van der Waals surface area contributed by atoms with Gasteiger partial charge in [0.15, 0.2) is 0 Å². The summed E-state index contributed by atoms with van der Waals surface area (Å²) in [5.41, 5.74) is 0. The van der Waals surface area contributed by atoms with E-state index >= 15 is 0 Å². The molecule has 0 atom stereocenters. The van der Waals surface area contributed by atoms with Crippen molar-refractivity contribution >= 4 is 28.2 Å². The molecule has 3 nitrogen and oxygen atoms in total. The van der Waals surface area contributed by atoms with Crippen molar-refractivity contribution in [1.29, 1.82) is 0 Å². The van der Waals surface area contributed by atoms with E-state index in [1.807, 2.05) is 12.1 Å². The van der Waals surface area contributed by atoms with Gasteiger partial charge >= 0.3 is 0 Å². The zero-order valence-corrected chi connectivity index (χ0v) is 9.98. The third kappa shape index (κ3) is 2.03. The van der Waals surface area contributed by atoms with Crippen molar-refractivity contribution in [1.82, 2.24) is 4.98 Å². The minimum atomic E-state index is 0.261. The van der Waals surface area contributed by atoms with E-state index in [0.29, 0.717) is 6.04 Å². The van der Waals surface area contributed by atoms with E-state index in [9.17, 15) is 5.11 Å². The summed E-state index contributed by atoms with van der Waals surface area (Å²) < 4.78 is 0. The molecular weight excluding hydrogens is 236 g/mol. The van der Waals surface area contributed by atoms with Crippen LogP contribution in [0.4, 0.5) is 5.82 Å². The molecule has 1 aliphatic carbocycles. The predicted molar refractivity (Wildman–Crippen MR) is 69.7 cm³/mol. The second kappa shape index (κ2) is 4.08. The molecule has 1 heterocycles. The second-order valence-corrected chi connectivity index (χ2v) is 5.09. The Labute approximate surface area is 104 Å². The molecule has 2 aromatic rings. The van der Waals surface area contributed by atoms with Gasteiger partial charge in [-0.25, -0.2) is 4.98 Å². The Morgan fingerprint density at radius 2 is 2.12 bits per heavy atom. The topological polar surface area (TPSA) is 45.2 Å². The summed E-state index contributed by atoms with van der Waals surface area (Å²) in [5.74, 6) is 1.09. The molecule has 0 saturated heterocycles. The van der Waals surface area contributed by atoms with Gasteiger partial charge in [-0.2, -0.15) is 0 Å². The average molecular weight is 249 g/mol. The maximum atomic E-state index is 9.53. The lowest BCUT2D eigenvalue weighted by Crippen LogP contribution is -2.36. The maximum Gasteiger partial charge on any atom is 0.134 e. The van der Waals surface area contributed by atoms with Gasteiger partial charge < -0.3 is 10.4 Å². The van der Waals surface area contributed by atoms with Gasteiger partial charge in [0.05, 0.1) is 0 Å². The van der Waals surface area contributed by atoms with Crippen LogP contribution in [0.2, 0.25) is 0 Å². The van der Waals surface area contributed by atoms with Crippen LogP contribution in [-0.2, 0) is 0 Å². The monoisotopic (exact) mass is 248 g/mol. The Morgan fingerprint density at radius 3 is 2.88 bits per heavy atom. The number of benzene rings is 1. The zero-order valence-electron chi connectivity index (χ0n) is 9.23. The summed E-state index contributed by atoms with van der Waals surface area (Å²) >= 11 is 5.95. The van der Waals surface area contributed by atoms with E-state index in [0.717, 1.165) is 29.4 Å². The number of hydrogen-bond donors (Lipinski definition) is 2. The smallest absolute Gasteiger partial charge is 0.134 e. The first kappa shape index (κ1) is 10.7. The van der Waals surface area contributed by atoms with Gasteiger partial charge in [0, 0.05) is 23.0 Å². The number of hydrogen-bond acceptors (Lipinski definition) is 3. The Kier molecular flexibility index (Phi) is 2.56. The molecule has 0 bridgehead atoms. The number of nitrogens with one attached hydrogen (secondary N) is 1. The van der Waals surface area contributed by atoms with Gasteiger partial charge in [0.2, 0.25) is 0 Å². The van der Waals surface area contributed by atoms with Crippen LogP contribution in [0.15, 0.2) is 30.5 Å². The van der Waals surface area contributed by atoms with E-state index in [4.69, 9.17) is 11.6 Å². The molecule has 1 aliphatic rings. The molecule has 0 amide bonds. The molecule has 17 heavy (non-hydrogen) atoms. The third-order valence-corrected chi connectivity index (χ3v) is 3.53. The van der Waals surface area contributed by atoms with Crippen LogP contribution in [0.25, 0.3) is 10.8 Å². The molecule has 4 heteroatoms. The van der Waals surface area contributed by atoms with Crippen LogP contribution in [-0.4, -0.2) is 21.5 Å². The van der Waals surface area contributed by atoms with Crippen molar-refractivity contribution in [3.05, 3.63) is 30.5 Å². The molecule has 0 unspecified atom stereocenters. The molecular formula is C13H13ClN2O. The highest BCUT2D eigenvalue weighted by Crippen LogP contribution is 2.31. The summed E-state index contributed by atoms with van der Waals surface area (Å²) in [5, 5.41) is 15.2. The van der Waals surface area contributed by atoms with Crippen LogP contribution in [0, 0.1) is 0 Å². The molecule has 1 saturated carbocycles. The SMILES string of the molecule is Oc1ccc2ccnc(NC3CC(Cl)C3)c2c1. The highest BCUT2D eigenvalue weighted by Gasteiger charge is 2.27. The Balaban J connectivity index is 1.95. The van der Waals surface area contributed by atoms with Gasteiger partial charge in [0.25, 0.3) is 0 Å². The normalized spacial score (nSPS) is 23.4. The summed E-state index contributed by atoms with van der Waals surface area (Å²) in [6.45, 7) is 0. The van der Waals surface area contributed by atoms with Gasteiger partial charge in [-0.3, -0.25) is 0 Å². The van der Waals surface area contributed by atoms with Crippen molar-refractivity contribution in [2.24, 2.45) is 0 Å². The summed E-state index contributed by atoms with van der Waals surface area (Å²) in [6.07, 6.45) is 3.72. The minimum Gasteiger partial charge on any atom is -0.508 e. The highest BCUT2D eigenvalue weighted by atomic mass is 35.5. The van der Waals surface area contributed by atoms with E-state index in [-0.39, 0.29) is 11.1 Å². The minimum absolute atomic E-state index is 0.261. The van der Waals surface area contributed by atoms with Crippen LogP contribution in [0.1, 0.15) is 12.8 Å². The molecule has 1 aromatic carbocycles. The molecule has 0 aliphatic heterocycles. The van der Waals surface area contributed by atoms with Crippen LogP contribution in [0.5, 0.6) is 5.75 Å². The van der Waals surface area contributed by atoms with Gasteiger partial charge in [0.1, 0.15) is 11.6 Å². The van der Waals surface area contributed by atoms with Crippen molar-refractivity contribution < 1.29 is 5.11 Å². The number of nitrogens with zero attached hydrogens (tertiary/aromatic N) is 1. The summed E-state index contributed by atoms with van der Waals surface area (Å²) in [7, 11) is 0. The largest absolute Gasteiger partial charge is 0.508 e. The van der Waals surface area contributed by atoms with Crippen LogP contribution >= 0.6 is 11.6 Å². The molecule has 3 rings (SSSR count). The molecule has 88 valence electrons. The van der Waals surface area contributed by atoms with E-state index < -0.39 is 0 Å². The standard InChI is InChI=1S/C13H13ClN2O/c14-9-5-10(6-9)16-13-12-7-11(17)2-1-8(12)3-4-15-13/h1-4,7,9-10,17H,5-6H2,(H,15,16). The second-order valence-electron chi connectivity index (χ2n) is 4.47. The molecule has 1 aromatic heterocycles. The van der Waals surface area contributed by atoms with Gasteiger partial charge in [-0.15, -0.1) is 11.6 Å². The Bertz CT molecular complexity index is 552. The predicted octanol–water partition coefficient (Wildman–Crippen LogP) is 3.12. The number of rotatable bonds is 2. The summed E-state index contributed by atoms with van der Waals surface area (Å²) in [4.78, 5) is 4.33. The first-order valence-electron chi connectivity index (χ1n) is 5.71. The number of phenols is 1. The third-order valence-electron chi connectivity index (χ3n) is 3.17. The number of halogens is 1. The molecule has 1 fully saturated rings. The average Bonchev–Trinajstić information content (AvgIpc) is 2.28. The quantitative estimate of drug-likeness (QED) is 0.803. The first-order valence-corrected chi connectivity index (χ1v) is 6.14. The lowest BCUT2D eigenvalue weighted by Gasteiger charge is -2.32. The van der Waals surface area contributed by atoms with Gasteiger partial charge in [-0.05, 0) is 36.4 Å². The number of fused-ring (bicyclic) bond motifs is 1. The lowest BCUT2D eigenvalue weighted by molar-refractivity contribution is 0.454. The molecule has 0 radical (unpaired) electrons. The van der Waals surface area contributed by atoms with E-state index in [1.165, 1.54) is 0 Å². The van der Waals surface area contributed by atoms with E-state index in [1.54, 1.807) is 18.3 Å². The lowest BCUT2D eigenvalue weighted by atomic mass is 9.92. The fourth-order valence-electron chi connectivity index (χ4n) is 2.13. The fraction of sp³-hybridized carbons (Fsp3) is 0.308. The maximum absolute atomic E-state index is 9.53. The van der Waals surface area contributed by atoms with Crippen LogP contribution in [0.3, 0.4) is 0 Å². The van der Waals surface area contributed by atoms with Crippen molar-refractivity contribution in [2.75, 3.05) is 5.32 Å². The van der Waals surface area contributed by atoms with E-state index in [2.05, 4.69) is 10.3 Å². The Morgan fingerprint density at radius 1 is 1.29 bits per heavy atom. The summed E-state index contributed by atoms with van der Waals surface area (Å²) in [6, 6.07) is 7.65. The Hall–Kier alpha value is -1.48. The first-order chi connectivity index (χ1) is 8.22.